The van der Waals surface area contributed by atoms with Gasteiger partial charge in [0, 0.05) is 32.4 Å². The maximum absolute atomic E-state index is 11.2. The van der Waals surface area contributed by atoms with Gasteiger partial charge in [0.2, 0.25) is 0 Å². The minimum Gasteiger partial charge on any atom is -0.478 e. The summed E-state index contributed by atoms with van der Waals surface area (Å²) in [6, 6.07) is 3.74. The SMILES string of the molecule is COCCC1(CNc2cc([N+](=O)[O-])ccc2C(=O)O)CC1. The molecule has 0 aromatic heterocycles. The Morgan fingerprint density at radius 2 is 2.24 bits per heavy atom. The Hall–Kier alpha value is -2.15. The number of nitrogens with one attached hydrogen (secondary N) is 1. The van der Waals surface area contributed by atoms with Crippen LogP contribution in [0.5, 0.6) is 0 Å². The lowest BCUT2D eigenvalue weighted by Crippen LogP contribution is -2.18. The van der Waals surface area contributed by atoms with Crippen LogP contribution in [0.3, 0.4) is 0 Å². The Balaban J connectivity index is 2.12. The first-order valence-electron chi connectivity index (χ1n) is 6.72. The number of hydrogen-bond donors (Lipinski definition) is 2. The number of benzene rings is 1. The van der Waals surface area contributed by atoms with Crippen LogP contribution in [-0.4, -0.2) is 36.3 Å². The smallest absolute Gasteiger partial charge is 0.337 e. The standard InChI is InChI=1S/C14H18N2O5/c1-21-7-6-14(4-5-14)9-15-12-8-10(16(19)20)2-3-11(12)13(17)18/h2-3,8,15H,4-7,9H2,1H3,(H,17,18). The molecular formula is C14H18N2O5. The number of non-ortho nitro benzene ring substituents is 1. The van der Waals surface area contributed by atoms with Gasteiger partial charge in [-0.05, 0) is 30.7 Å². The average molecular weight is 294 g/mol. The summed E-state index contributed by atoms with van der Waals surface area (Å²) < 4.78 is 5.07. The molecule has 0 unspecified atom stereocenters. The quantitative estimate of drug-likeness (QED) is 0.564. The fraction of sp³-hybridized carbons (Fsp3) is 0.500. The van der Waals surface area contributed by atoms with E-state index >= 15 is 0 Å². The lowest BCUT2D eigenvalue weighted by atomic mass is 10.0. The molecule has 1 saturated carbocycles. The number of nitro groups is 1. The van der Waals surface area contributed by atoms with Crippen molar-refractivity contribution in [2.24, 2.45) is 5.41 Å². The van der Waals surface area contributed by atoms with E-state index in [0.717, 1.165) is 19.3 Å². The third kappa shape index (κ3) is 3.69. The van der Waals surface area contributed by atoms with Gasteiger partial charge in [0.1, 0.15) is 0 Å². The summed E-state index contributed by atoms with van der Waals surface area (Å²) in [5.41, 5.74) is 0.337. The van der Waals surface area contributed by atoms with Crippen molar-refractivity contribution in [3.8, 4) is 0 Å². The van der Waals surface area contributed by atoms with Crippen LogP contribution in [-0.2, 0) is 4.74 Å². The number of aromatic carboxylic acids is 1. The zero-order valence-electron chi connectivity index (χ0n) is 11.8. The first-order valence-corrected chi connectivity index (χ1v) is 6.72. The van der Waals surface area contributed by atoms with Gasteiger partial charge < -0.3 is 15.2 Å². The van der Waals surface area contributed by atoms with Gasteiger partial charge in [0.15, 0.2) is 0 Å². The van der Waals surface area contributed by atoms with Crippen molar-refractivity contribution in [1.82, 2.24) is 0 Å². The summed E-state index contributed by atoms with van der Waals surface area (Å²) in [5.74, 6) is -1.10. The van der Waals surface area contributed by atoms with Crippen LogP contribution in [0, 0.1) is 15.5 Å². The normalized spacial score (nSPS) is 15.5. The highest BCUT2D eigenvalue weighted by Crippen LogP contribution is 2.48. The molecule has 0 radical (unpaired) electrons. The van der Waals surface area contributed by atoms with Crippen LogP contribution >= 0.6 is 0 Å². The molecule has 1 aromatic carbocycles. The molecule has 0 bridgehead atoms. The Kier molecular flexibility index (Phi) is 4.42. The third-order valence-electron chi connectivity index (χ3n) is 3.89. The number of anilines is 1. The lowest BCUT2D eigenvalue weighted by molar-refractivity contribution is -0.384. The molecule has 0 heterocycles. The number of methoxy groups -OCH3 is 1. The summed E-state index contributed by atoms with van der Waals surface area (Å²) in [6.07, 6.45) is 3.01. The molecule has 1 fully saturated rings. The molecule has 2 rings (SSSR count). The van der Waals surface area contributed by atoms with Gasteiger partial charge in [-0.2, -0.15) is 0 Å². The Labute approximate surface area is 122 Å². The first-order chi connectivity index (χ1) is 9.97. The highest BCUT2D eigenvalue weighted by molar-refractivity contribution is 5.94. The maximum atomic E-state index is 11.2. The van der Waals surface area contributed by atoms with E-state index in [1.807, 2.05) is 0 Å². The molecule has 0 spiro atoms. The average Bonchev–Trinajstić information content (AvgIpc) is 3.23. The number of ether oxygens (including phenoxy) is 1. The van der Waals surface area contributed by atoms with Crippen molar-refractivity contribution < 1.29 is 19.6 Å². The Bertz CT molecular complexity index is 554. The zero-order chi connectivity index (χ0) is 15.5. The van der Waals surface area contributed by atoms with Gasteiger partial charge in [-0.15, -0.1) is 0 Å². The van der Waals surface area contributed by atoms with Gasteiger partial charge in [-0.1, -0.05) is 0 Å². The van der Waals surface area contributed by atoms with Crippen molar-refractivity contribution in [3.05, 3.63) is 33.9 Å². The molecular weight excluding hydrogens is 276 g/mol. The number of nitro benzene ring substituents is 1. The number of carbonyl (C=O) groups is 1. The highest BCUT2D eigenvalue weighted by atomic mass is 16.6. The second kappa shape index (κ2) is 6.09. The van der Waals surface area contributed by atoms with E-state index < -0.39 is 10.9 Å². The second-order valence-corrected chi connectivity index (χ2v) is 5.39. The summed E-state index contributed by atoms with van der Waals surface area (Å²) >= 11 is 0. The van der Waals surface area contributed by atoms with E-state index in [1.165, 1.54) is 18.2 Å². The van der Waals surface area contributed by atoms with Crippen LogP contribution in [0.15, 0.2) is 18.2 Å². The third-order valence-corrected chi connectivity index (χ3v) is 3.89. The number of carboxylic acids is 1. The lowest BCUT2D eigenvalue weighted by Gasteiger charge is -2.17. The van der Waals surface area contributed by atoms with Crippen molar-refractivity contribution in [1.29, 1.82) is 0 Å². The van der Waals surface area contributed by atoms with Gasteiger partial charge in [0.25, 0.3) is 5.69 Å². The minimum absolute atomic E-state index is 0.0446. The van der Waals surface area contributed by atoms with Crippen molar-refractivity contribution in [3.63, 3.8) is 0 Å². The molecule has 1 aromatic rings. The van der Waals surface area contributed by atoms with E-state index in [-0.39, 0.29) is 16.7 Å². The first kappa shape index (κ1) is 15.2. The Morgan fingerprint density at radius 3 is 2.76 bits per heavy atom. The molecule has 0 amide bonds. The Morgan fingerprint density at radius 1 is 1.52 bits per heavy atom. The molecule has 0 atom stereocenters. The monoisotopic (exact) mass is 294 g/mol. The van der Waals surface area contributed by atoms with Crippen LogP contribution < -0.4 is 5.32 Å². The van der Waals surface area contributed by atoms with Crippen molar-refractivity contribution >= 4 is 17.3 Å². The van der Waals surface area contributed by atoms with Gasteiger partial charge in [-0.25, -0.2) is 4.79 Å². The van der Waals surface area contributed by atoms with Crippen LogP contribution in [0.2, 0.25) is 0 Å². The van der Waals surface area contributed by atoms with Crippen molar-refractivity contribution in [2.45, 2.75) is 19.3 Å². The molecule has 1 aliphatic carbocycles. The van der Waals surface area contributed by atoms with Crippen LogP contribution in [0.25, 0.3) is 0 Å². The minimum atomic E-state index is -1.10. The summed E-state index contributed by atoms with van der Waals surface area (Å²) in [4.78, 5) is 21.5. The molecule has 21 heavy (non-hydrogen) atoms. The molecule has 0 aliphatic heterocycles. The number of rotatable bonds is 8. The number of carboxylic acid groups (broad SMARTS) is 1. The number of nitrogens with zero attached hydrogens (tertiary/aromatic N) is 1. The molecule has 0 saturated heterocycles. The van der Waals surface area contributed by atoms with E-state index in [4.69, 9.17) is 9.84 Å². The predicted octanol–water partition coefficient (Wildman–Crippen LogP) is 2.52. The number of hydrogen-bond acceptors (Lipinski definition) is 5. The molecule has 7 heteroatoms. The predicted molar refractivity (Wildman–Crippen MR) is 76.7 cm³/mol. The largest absolute Gasteiger partial charge is 0.478 e. The van der Waals surface area contributed by atoms with Crippen molar-refractivity contribution in [2.75, 3.05) is 25.6 Å². The van der Waals surface area contributed by atoms with Crippen LogP contribution in [0.1, 0.15) is 29.6 Å². The molecule has 2 N–H and O–H groups in total. The summed E-state index contributed by atoms with van der Waals surface area (Å²) in [6.45, 7) is 1.25. The van der Waals surface area contributed by atoms with E-state index in [9.17, 15) is 14.9 Å². The molecule has 114 valence electrons. The van der Waals surface area contributed by atoms with E-state index in [2.05, 4.69) is 5.32 Å². The molecule has 1 aliphatic rings. The molecule has 7 nitrogen and oxygen atoms in total. The van der Waals surface area contributed by atoms with E-state index in [0.29, 0.717) is 18.8 Å². The summed E-state index contributed by atoms with van der Waals surface area (Å²) in [5, 5.41) is 23.0. The summed E-state index contributed by atoms with van der Waals surface area (Å²) in [7, 11) is 1.65. The van der Waals surface area contributed by atoms with Gasteiger partial charge >= 0.3 is 5.97 Å². The topological polar surface area (TPSA) is 102 Å². The maximum Gasteiger partial charge on any atom is 0.337 e. The zero-order valence-corrected chi connectivity index (χ0v) is 11.8. The van der Waals surface area contributed by atoms with Gasteiger partial charge in [0.05, 0.1) is 16.2 Å². The van der Waals surface area contributed by atoms with E-state index in [1.54, 1.807) is 7.11 Å². The van der Waals surface area contributed by atoms with Crippen LogP contribution in [0.4, 0.5) is 11.4 Å². The fourth-order valence-corrected chi connectivity index (χ4v) is 2.27. The second-order valence-electron chi connectivity index (χ2n) is 5.39. The van der Waals surface area contributed by atoms with Gasteiger partial charge in [-0.3, -0.25) is 10.1 Å². The fourth-order valence-electron chi connectivity index (χ4n) is 2.27. The highest BCUT2D eigenvalue weighted by Gasteiger charge is 2.41.